The minimum absolute atomic E-state index is 0.0289. The molecule has 0 saturated carbocycles. The Hall–Kier alpha value is -2.13. The molecule has 3 nitrogen and oxygen atoms in total. The van der Waals surface area contributed by atoms with Crippen LogP contribution in [0.15, 0.2) is 47.4 Å². The molecule has 1 unspecified atom stereocenters. The van der Waals surface area contributed by atoms with E-state index in [2.05, 4.69) is 0 Å². The molecule has 174 valence electrons. The molecular formula is C23H25F5N2OS. The molecule has 0 radical (unpaired) electrons. The molecule has 0 fully saturated rings. The van der Waals surface area contributed by atoms with Crippen LogP contribution in [0.2, 0.25) is 0 Å². The number of carbonyl (C=O) groups is 1. The maximum atomic E-state index is 14.0. The van der Waals surface area contributed by atoms with E-state index in [1.54, 1.807) is 17.0 Å². The van der Waals surface area contributed by atoms with E-state index in [1.165, 1.54) is 0 Å². The van der Waals surface area contributed by atoms with Crippen molar-refractivity contribution in [2.75, 3.05) is 19.8 Å². The highest BCUT2D eigenvalue weighted by atomic mass is 32.2. The van der Waals surface area contributed by atoms with E-state index in [1.807, 2.05) is 19.9 Å². The zero-order valence-corrected chi connectivity index (χ0v) is 18.6. The third-order valence-electron chi connectivity index (χ3n) is 5.31. The summed E-state index contributed by atoms with van der Waals surface area (Å²) in [4.78, 5) is 14.6. The maximum absolute atomic E-state index is 14.0. The van der Waals surface area contributed by atoms with E-state index in [0.29, 0.717) is 24.4 Å². The second-order valence-corrected chi connectivity index (χ2v) is 9.13. The van der Waals surface area contributed by atoms with Crippen molar-refractivity contribution in [3.05, 3.63) is 65.0 Å². The number of alkyl halides is 4. The highest BCUT2D eigenvalue weighted by molar-refractivity contribution is 7.97. The Balaban J connectivity index is 1.87. The smallest absolute Gasteiger partial charge is 0.338 e. The van der Waals surface area contributed by atoms with Gasteiger partial charge in [-0.1, -0.05) is 32.0 Å². The first-order valence-electron chi connectivity index (χ1n) is 10.3. The number of nitrogens with zero attached hydrogens (tertiary/aromatic N) is 2. The summed E-state index contributed by atoms with van der Waals surface area (Å²) in [5.74, 6) is -0.756. The van der Waals surface area contributed by atoms with Crippen LogP contribution in [0, 0.1) is 11.7 Å². The Kier molecular flexibility index (Phi) is 7.82. The van der Waals surface area contributed by atoms with Gasteiger partial charge in [0.25, 0.3) is 0 Å². The Morgan fingerprint density at radius 3 is 2.41 bits per heavy atom. The molecule has 32 heavy (non-hydrogen) atoms. The maximum Gasteiger partial charge on any atom is 0.408 e. The lowest BCUT2D eigenvalue weighted by molar-refractivity contribution is -0.172. The van der Waals surface area contributed by atoms with Gasteiger partial charge in [0.15, 0.2) is 0 Å². The van der Waals surface area contributed by atoms with Gasteiger partial charge < -0.3 is 4.90 Å². The number of hydrogen-bond acceptors (Lipinski definition) is 3. The molecule has 0 spiro atoms. The molecule has 1 heterocycles. The number of benzene rings is 2. The topological polar surface area (TPSA) is 23.6 Å². The van der Waals surface area contributed by atoms with E-state index >= 15 is 0 Å². The number of amides is 1. The first-order valence-corrected chi connectivity index (χ1v) is 11.1. The summed E-state index contributed by atoms with van der Waals surface area (Å²) in [5.41, 5.74) is 1.76. The monoisotopic (exact) mass is 472 g/mol. The van der Waals surface area contributed by atoms with Crippen molar-refractivity contribution in [2.45, 2.75) is 43.9 Å². The molecule has 0 saturated heterocycles. The van der Waals surface area contributed by atoms with Gasteiger partial charge in [0.05, 0.1) is 0 Å². The molecule has 0 N–H and O–H groups in total. The van der Waals surface area contributed by atoms with Crippen molar-refractivity contribution in [1.29, 1.82) is 0 Å². The van der Waals surface area contributed by atoms with Gasteiger partial charge in [0.1, 0.15) is 18.5 Å². The molecule has 9 heteroatoms. The van der Waals surface area contributed by atoms with Crippen LogP contribution in [0.3, 0.4) is 0 Å². The predicted octanol–water partition coefficient (Wildman–Crippen LogP) is 5.95. The van der Waals surface area contributed by atoms with E-state index in [4.69, 9.17) is 0 Å². The zero-order chi connectivity index (χ0) is 23.5. The fraction of sp³-hybridized carbons (Fsp3) is 0.435. The SMILES string of the molecule is CC(C)C(=O)N1CCc2ccc(SN(CCF)C(c3ccc(F)cc3)C(F)(F)F)cc2C1. The van der Waals surface area contributed by atoms with Crippen LogP contribution < -0.4 is 0 Å². The van der Waals surface area contributed by atoms with Crippen molar-refractivity contribution in [3.8, 4) is 0 Å². The first kappa shape index (κ1) is 24.5. The van der Waals surface area contributed by atoms with Crippen molar-refractivity contribution in [1.82, 2.24) is 9.21 Å². The van der Waals surface area contributed by atoms with Crippen LogP contribution >= 0.6 is 11.9 Å². The molecule has 2 aromatic rings. The molecule has 3 rings (SSSR count). The fourth-order valence-corrected chi connectivity index (χ4v) is 4.85. The van der Waals surface area contributed by atoms with Crippen molar-refractivity contribution < 1.29 is 26.7 Å². The summed E-state index contributed by atoms with van der Waals surface area (Å²) < 4.78 is 69.3. The first-order chi connectivity index (χ1) is 15.1. The standard InChI is InChI=1S/C23H25F5N2OS/c1-15(2)22(31)29-11-9-16-5-8-20(13-18(16)14-29)32-30(12-10-24)21(23(26,27)28)17-3-6-19(25)7-4-17/h3-8,13,15,21H,9-12,14H2,1-2H3. The minimum Gasteiger partial charge on any atom is -0.338 e. The van der Waals surface area contributed by atoms with E-state index < -0.39 is 31.3 Å². The van der Waals surface area contributed by atoms with E-state index in [9.17, 15) is 26.7 Å². The number of halogens is 5. The summed E-state index contributed by atoms with van der Waals surface area (Å²) in [6.07, 6.45) is -4.01. The second kappa shape index (κ2) is 10.2. The average Bonchev–Trinajstić information content (AvgIpc) is 2.73. The van der Waals surface area contributed by atoms with Gasteiger partial charge in [-0.25, -0.2) is 13.1 Å². The molecule has 1 aliphatic heterocycles. The molecule has 2 aromatic carbocycles. The third kappa shape index (κ3) is 5.81. The summed E-state index contributed by atoms with van der Waals surface area (Å²) in [6, 6.07) is 7.30. The molecule has 0 aromatic heterocycles. The highest BCUT2D eigenvalue weighted by Crippen LogP contribution is 2.43. The van der Waals surface area contributed by atoms with Gasteiger partial charge in [-0.3, -0.25) is 4.79 Å². The number of hydrogen-bond donors (Lipinski definition) is 0. The molecule has 0 aliphatic carbocycles. The lowest BCUT2D eigenvalue weighted by atomic mass is 9.99. The Labute approximate surface area is 188 Å². The van der Waals surface area contributed by atoms with E-state index in [-0.39, 0.29) is 17.4 Å². The number of carbonyl (C=O) groups excluding carboxylic acids is 1. The molecule has 1 amide bonds. The lowest BCUT2D eigenvalue weighted by Gasteiger charge is -2.33. The van der Waals surface area contributed by atoms with Crippen molar-refractivity contribution in [2.24, 2.45) is 5.92 Å². The quantitative estimate of drug-likeness (QED) is 0.368. The number of fused-ring (bicyclic) bond motifs is 1. The van der Waals surface area contributed by atoms with Gasteiger partial charge >= 0.3 is 6.18 Å². The average molecular weight is 473 g/mol. The zero-order valence-electron chi connectivity index (χ0n) is 17.8. The summed E-state index contributed by atoms with van der Waals surface area (Å²) in [7, 11) is 0. The molecule has 0 bridgehead atoms. The fourth-order valence-electron chi connectivity index (χ4n) is 3.75. The highest BCUT2D eigenvalue weighted by Gasteiger charge is 2.45. The van der Waals surface area contributed by atoms with Gasteiger partial charge in [-0.15, -0.1) is 0 Å². The van der Waals surface area contributed by atoms with Gasteiger partial charge in [-0.05, 0) is 59.3 Å². The van der Waals surface area contributed by atoms with Crippen LogP contribution in [0.4, 0.5) is 22.0 Å². The summed E-state index contributed by atoms with van der Waals surface area (Å²) in [6.45, 7) is 3.22. The number of rotatable bonds is 7. The molecule has 1 atom stereocenters. The van der Waals surface area contributed by atoms with Crippen LogP contribution in [0.1, 0.15) is 36.6 Å². The third-order valence-corrected chi connectivity index (χ3v) is 6.40. The van der Waals surface area contributed by atoms with Crippen LogP contribution in [0.25, 0.3) is 0 Å². The Bertz CT molecular complexity index is 933. The van der Waals surface area contributed by atoms with Crippen LogP contribution in [-0.2, 0) is 17.8 Å². The van der Waals surface area contributed by atoms with Gasteiger partial charge in [0.2, 0.25) is 5.91 Å². The van der Waals surface area contributed by atoms with Gasteiger partial charge in [-0.2, -0.15) is 13.2 Å². The Morgan fingerprint density at radius 2 is 1.81 bits per heavy atom. The van der Waals surface area contributed by atoms with Gasteiger partial charge in [0, 0.05) is 30.4 Å². The summed E-state index contributed by atoms with van der Waals surface area (Å²) in [5, 5.41) is 0. The second-order valence-electron chi connectivity index (χ2n) is 8.01. The summed E-state index contributed by atoms with van der Waals surface area (Å²) >= 11 is 0.812. The van der Waals surface area contributed by atoms with Crippen LogP contribution in [-0.4, -0.2) is 41.1 Å². The lowest BCUT2D eigenvalue weighted by Crippen LogP contribution is -2.38. The van der Waals surface area contributed by atoms with E-state index in [0.717, 1.165) is 51.6 Å². The Morgan fingerprint density at radius 1 is 1.12 bits per heavy atom. The van der Waals surface area contributed by atoms with Crippen LogP contribution in [0.5, 0.6) is 0 Å². The molecular weight excluding hydrogens is 447 g/mol. The van der Waals surface area contributed by atoms with Crippen molar-refractivity contribution in [3.63, 3.8) is 0 Å². The largest absolute Gasteiger partial charge is 0.408 e. The predicted molar refractivity (Wildman–Crippen MR) is 114 cm³/mol. The molecule has 1 aliphatic rings. The van der Waals surface area contributed by atoms with Crippen molar-refractivity contribution >= 4 is 17.9 Å². The normalized spacial score (nSPS) is 15.2. The minimum atomic E-state index is -4.69.